The largest absolute Gasteiger partial charge is 0.480 e. The lowest BCUT2D eigenvalue weighted by Gasteiger charge is -2.28. The number of hydrogen-bond donors (Lipinski definition) is 2. The maximum Gasteiger partial charge on any atom is 0.326 e. The molecule has 0 aromatic carbocycles. The Morgan fingerprint density at radius 1 is 1.30 bits per heavy atom. The van der Waals surface area contributed by atoms with Crippen LogP contribution < -0.4 is 0 Å². The number of nitrogens with zero attached hydrogens (tertiary/aromatic N) is 3. The molecule has 0 bridgehead atoms. The fourth-order valence-corrected chi connectivity index (χ4v) is 2.59. The van der Waals surface area contributed by atoms with E-state index >= 15 is 0 Å². The highest BCUT2D eigenvalue weighted by molar-refractivity contribution is 5.87. The number of β-amino-alcohol motifs (C(OH)–C–C–N with tert-alkyl or cyclic N) is 1. The van der Waals surface area contributed by atoms with E-state index in [1.165, 1.54) is 4.90 Å². The third-order valence-corrected chi connectivity index (χ3v) is 3.75. The van der Waals surface area contributed by atoms with Crippen LogP contribution in [0.4, 0.5) is 4.79 Å². The number of likely N-dealkylation sites (N-methyl/N-ethyl adjacent to an activating group) is 1. The van der Waals surface area contributed by atoms with Gasteiger partial charge in [0.2, 0.25) is 5.91 Å². The van der Waals surface area contributed by atoms with Crippen molar-refractivity contribution >= 4 is 17.9 Å². The van der Waals surface area contributed by atoms with Gasteiger partial charge in [0.25, 0.3) is 0 Å². The lowest BCUT2D eigenvalue weighted by molar-refractivity contribution is -0.141. The number of hydrogen-bond acceptors (Lipinski definition) is 4. The molecule has 2 fully saturated rings. The highest BCUT2D eigenvalue weighted by atomic mass is 16.4. The number of urea groups is 1. The Morgan fingerprint density at radius 2 is 2.00 bits per heavy atom. The number of carbonyl (C=O) groups excluding carboxylic acids is 2. The van der Waals surface area contributed by atoms with Crippen LogP contribution in [-0.2, 0) is 9.59 Å². The topological polar surface area (TPSA) is 101 Å². The molecule has 112 valence electrons. The smallest absolute Gasteiger partial charge is 0.326 e. The van der Waals surface area contributed by atoms with Gasteiger partial charge < -0.3 is 24.9 Å². The van der Waals surface area contributed by atoms with Gasteiger partial charge in [-0.25, -0.2) is 9.59 Å². The maximum absolute atomic E-state index is 12.4. The molecule has 8 heteroatoms. The van der Waals surface area contributed by atoms with Crippen LogP contribution in [0.25, 0.3) is 0 Å². The summed E-state index contributed by atoms with van der Waals surface area (Å²) in [7, 11) is 1.68. The Kier molecular flexibility index (Phi) is 4.12. The van der Waals surface area contributed by atoms with E-state index in [1.54, 1.807) is 11.9 Å². The minimum absolute atomic E-state index is 0.00364. The van der Waals surface area contributed by atoms with Crippen LogP contribution in [0, 0.1) is 0 Å². The van der Waals surface area contributed by atoms with Gasteiger partial charge in [0.1, 0.15) is 12.6 Å². The molecule has 0 spiro atoms. The van der Waals surface area contributed by atoms with E-state index in [1.807, 2.05) is 0 Å². The van der Waals surface area contributed by atoms with Gasteiger partial charge >= 0.3 is 12.0 Å². The van der Waals surface area contributed by atoms with Gasteiger partial charge in [0, 0.05) is 33.1 Å². The number of carboxylic acid groups (broad SMARTS) is 1. The standard InChI is InChI=1S/C12H19N3O5/c1-13-3-2-4-14(7-10(13)17)12(20)15-6-8(16)5-9(15)11(18)19/h8-9,16H,2-7H2,1H3,(H,18,19)/t8-,9+/m1/s1. The molecule has 2 saturated heterocycles. The maximum atomic E-state index is 12.4. The molecule has 2 aliphatic heterocycles. The monoisotopic (exact) mass is 285 g/mol. The molecule has 20 heavy (non-hydrogen) atoms. The minimum atomic E-state index is -1.13. The molecule has 2 heterocycles. The zero-order valence-corrected chi connectivity index (χ0v) is 11.4. The van der Waals surface area contributed by atoms with Crippen molar-refractivity contribution in [3.8, 4) is 0 Å². The van der Waals surface area contributed by atoms with Gasteiger partial charge in [-0.1, -0.05) is 0 Å². The zero-order chi connectivity index (χ0) is 14.9. The summed E-state index contributed by atoms with van der Waals surface area (Å²) in [5.74, 6) is -1.30. The summed E-state index contributed by atoms with van der Waals surface area (Å²) in [5, 5.41) is 18.7. The van der Waals surface area contributed by atoms with Crippen molar-refractivity contribution < 1.29 is 24.6 Å². The Hall–Kier alpha value is -1.83. The van der Waals surface area contributed by atoms with Gasteiger partial charge in [-0.3, -0.25) is 4.79 Å². The van der Waals surface area contributed by atoms with Crippen LogP contribution in [0.5, 0.6) is 0 Å². The van der Waals surface area contributed by atoms with E-state index in [9.17, 15) is 19.5 Å². The third-order valence-electron chi connectivity index (χ3n) is 3.75. The first-order valence-electron chi connectivity index (χ1n) is 6.60. The van der Waals surface area contributed by atoms with Crippen LogP contribution in [0.2, 0.25) is 0 Å². The Labute approximate surface area is 116 Å². The fraction of sp³-hybridized carbons (Fsp3) is 0.750. The molecule has 0 aromatic heterocycles. The summed E-state index contributed by atoms with van der Waals surface area (Å²) in [4.78, 5) is 39.3. The third kappa shape index (κ3) is 2.84. The summed E-state index contributed by atoms with van der Waals surface area (Å²) in [6.45, 7) is 0.937. The second-order valence-corrected chi connectivity index (χ2v) is 5.27. The first kappa shape index (κ1) is 14.6. The van der Waals surface area contributed by atoms with Crippen LogP contribution in [0.15, 0.2) is 0 Å². The number of aliphatic carboxylic acids is 1. The highest BCUT2D eigenvalue weighted by Crippen LogP contribution is 2.20. The Bertz CT molecular complexity index is 427. The lowest BCUT2D eigenvalue weighted by atomic mass is 10.2. The molecule has 2 rings (SSSR count). The van der Waals surface area contributed by atoms with Crippen molar-refractivity contribution in [2.24, 2.45) is 0 Å². The van der Waals surface area contributed by atoms with Crippen molar-refractivity contribution in [1.29, 1.82) is 0 Å². The summed E-state index contributed by atoms with van der Waals surface area (Å²) >= 11 is 0. The number of carbonyl (C=O) groups is 3. The molecular weight excluding hydrogens is 266 g/mol. The average molecular weight is 285 g/mol. The van der Waals surface area contributed by atoms with E-state index in [-0.39, 0.29) is 25.4 Å². The number of aliphatic hydroxyl groups is 1. The van der Waals surface area contributed by atoms with Crippen molar-refractivity contribution in [3.63, 3.8) is 0 Å². The number of carboxylic acids is 1. The normalized spacial score (nSPS) is 27.7. The molecule has 0 saturated carbocycles. The van der Waals surface area contributed by atoms with Gasteiger partial charge in [0.05, 0.1) is 6.10 Å². The van der Waals surface area contributed by atoms with E-state index in [0.717, 1.165) is 4.90 Å². The molecule has 2 aliphatic rings. The average Bonchev–Trinajstić information content (AvgIpc) is 2.70. The first-order chi connectivity index (χ1) is 9.40. The molecule has 8 nitrogen and oxygen atoms in total. The Morgan fingerprint density at radius 3 is 2.65 bits per heavy atom. The van der Waals surface area contributed by atoms with Gasteiger partial charge in [-0.15, -0.1) is 0 Å². The molecule has 2 N–H and O–H groups in total. The highest BCUT2D eigenvalue weighted by Gasteiger charge is 2.41. The van der Waals surface area contributed by atoms with Gasteiger partial charge in [-0.05, 0) is 6.42 Å². The zero-order valence-electron chi connectivity index (χ0n) is 11.4. The Balaban J connectivity index is 2.09. The van der Waals surface area contributed by atoms with Crippen LogP contribution >= 0.6 is 0 Å². The van der Waals surface area contributed by atoms with Gasteiger partial charge in [0.15, 0.2) is 0 Å². The number of aliphatic hydroxyl groups excluding tert-OH is 1. The van der Waals surface area contributed by atoms with E-state index in [4.69, 9.17) is 5.11 Å². The van der Waals surface area contributed by atoms with Crippen LogP contribution in [-0.4, -0.2) is 88.2 Å². The predicted octanol–water partition coefficient (Wildman–Crippen LogP) is -1.21. The molecular formula is C12H19N3O5. The molecule has 3 amide bonds. The van der Waals surface area contributed by atoms with Crippen molar-refractivity contribution in [3.05, 3.63) is 0 Å². The quantitative estimate of drug-likeness (QED) is 0.629. The number of likely N-dealkylation sites (tertiary alicyclic amines) is 1. The minimum Gasteiger partial charge on any atom is -0.480 e. The van der Waals surface area contributed by atoms with E-state index in [2.05, 4.69) is 0 Å². The molecule has 0 unspecified atom stereocenters. The lowest BCUT2D eigenvalue weighted by Crippen LogP contribution is -2.49. The molecule has 0 aromatic rings. The van der Waals surface area contributed by atoms with Crippen molar-refractivity contribution in [2.75, 3.05) is 33.2 Å². The predicted molar refractivity (Wildman–Crippen MR) is 68.0 cm³/mol. The first-order valence-corrected chi connectivity index (χ1v) is 6.60. The second kappa shape index (κ2) is 5.66. The molecule has 0 radical (unpaired) electrons. The van der Waals surface area contributed by atoms with Gasteiger partial charge in [-0.2, -0.15) is 0 Å². The number of rotatable bonds is 1. The van der Waals surface area contributed by atoms with E-state index < -0.39 is 24.1 Å². The fourth-order valence-electron chi connectivity index (χ4n) is 2.59. The summed E-state index contributed by atoms with van der Waals surface area (Å²) < 4.78 is 0. The second-order valence-electron chi connectivity index (χ2n) is 5.27. The summed E-state index contributed by atoms with van der Waals surface area (Å²) in [6, 6.07) is -1.51. The SMILES string of the molecule is CN1CCCN(C(=O)N2C[C@H](O)C[C@H]2C(=O)O)CC1=O. The summed E-state index contributed by atoms with van der Waals surface area (Å²) in [5.41, 5.74) is 0. The van der Waals surface area contributed by atoms with Crippen LogP contribution in [0.1, 0.15) is 12.8 Å². The molecule has 0 aliphatic carbocycles. The van der Waals surface area contributed by atoms with Crippen LogP contribution in [0.3, 0.4) is 0 Å². The van der Waals surface area contributed by atoms with E-state index in [0.29, 0.717) is 19.5 Å². The van der Waals surface area contributed by atoms with Crippen molar-refractivity contribution in [1.82, 2.24) is 14.7 Å². The van der Waals surface area contributed by atoms with Crippen molar-refractivity contribution in [2.45, 2.75) is 25.0 Å². The number of amides is 3. The molecule has 2 atom stereocenters. The summed E-state index contributed by atoms with van der Waals surface area (Å²) in [6.07, 6.45) is -0.143.